The second-order valence-corrected chi connectivity index (χ2v) is 9.44. The van der Waals surface area contributed by atoms with Gasteiger partial charge in [-0.15, -0.1) is 0 Å². The van der Waals surface area contributed by atoms with Gasteiger partial charge in [0.05, 0.1) is 11.6 Å². The minimum atomic E-state index is -0.975. The summed E-state index contributed by atoms with van der Waals surface area (Å²) in [5.74, 6) is -0.182. The number of ether oxygens (including phenoxy) is 1. The molecule has 0 fully saturated rings. The molecule has 0 saturated heterocycles. The Morgan fingerprint density at radius 1 is 0.889 bits per heavy atom. The summed E-state index contributed by atoms with van der Waals surface area (Å²) in [6.07, 6.45) is 0.0323. The fourth-order valence-electron chi connectivity index (χ4n) is 4.68. The van der Waals surface area contributed by atoms with Crippen LogP contribution in [0.2, 0.25) is 5.02 Å². The summed E-state index contributed by atoms with van der Waals surface area (Å²) < 4.78 is 7.95. The maximum absolute atomic E-state index is 12.7. The molecule has 0 unspecified atom stereocenters. The van der Waals surface area contributed by atoms with Gasteiger partial charge >= 0.3 is 5.97 Å². The Balaban J connectivity index is 1.79. The lowest BCUT2D eigenvalue weighted by Gasteiger charge is -2.15. The van der Waals surface area contributed by atoms with Gasteiger partial charge in [0.25, 0.3) is 0 Å². The van der Waals surface area contributed by atoms with Gasteiger partial charge in [0.1, 0.15) is 11.4 Å². The molecular formula is C31H26ClNO3. The number of aromatic carboxylic acids is 1. The van der Waals surface area contributed by atoms with Crippen molar-refractivity contribution < 1.29 is 14.6 Å². The molecule has 0 aliphatic heterocycles. The van der Waals surface area contributed by atoms with Crippen LogP contribution in [0.1, 0.15) is 29.9 Å². The molecule has 0 atom stereocenters. The molecule has 0 aliphatic carbocycles. The number of carboxylic acid groups (broad SMARTS) is 1. The summed E-state index contributed by atoms with van der Waals surface area (Å²) in [6.45, 7) is 4.38. The number of carbonyl (C=O) groups is 1. The van der Waals surface area contributed by atoms with Gasteiger partial charge in [0.2, 0.25) is 0 Å². The van der Waals surface area contributed by atoms with Gasteiger partial charge in [-0.1, -0.05) is 84.4 Å². The van der Waals surface area contributed by atoms with Crippen molar-refractivity contribution in [1.29, 1.82) is 0 Å². The van der Waals surface area contributed by atoms with E-state index < -0.39 is 5.97 Å². The fraction of sp³-hybridized carbons (Fsp3) is 0.129. The summed E-state index contributed by atoms with van der Waals surface area (Å²) in [7, 11) is 0. The van der Waals surface area contributed by atoms with Gasteiger partial charge in [-0.05, 0) is 54.8 Å². The first-order valence-corrected chi connectivity index (χ1v) is 12.3. The molecule has 4 aromatic carbocycles. The molecular weight excluding hydrogens is 470 g/mol. The van der Waals surface area contributed by atoms with Gasteiger partial charge in [-0.2, -0.15) is 0 Å². The van der Waals surface area contributed by atoms with E-state index in [0.717, 1.165) is 38.9 Å². The van der Waals surface area contributed by atoms with E-state index in [9.17, 15) is 9.90 Å². The number of benzene rings is 4. The molecule has 4 nitrogen and oxygen atoms in total. The van der Waals surface area contributed by atoms with Crippen LogP contribution in [0.25, 0.3) is 33.2 Å². The smallest absolute Gasteiger partial charge is 0.353 e. The number of rotatable bonds is 7. The van der Waals surface area contributed by atoms with Crippen LogP contribution >= 0.6 is 11.6 Å². The minimum absolute atomic E-state index is 0.0323. The van der Waals surface area contributed by atoms with Crippen LogP contribution in [-0.4, -0.2) is 21.7 Å². The molecule has 5 heteroatoms. The molecule has 0 amide bonds. The molecule has 0 saturated carbocycles. The zero-order valence-corrected chi connectivity index (χ0v) is 20.9. The van der Waals surface area contributed by atoms with E-state index in [0.29, 0.717) is 17.1 Å². The minimum Gasteiger partial charge on any atom is -0.490 e. The largest absolute Gasteiger partial charge is 0.490 e. The van der Waals surface area contributed by atoms with Crippen LogP contribution in [0.3, 0.4) is 0 Å². The zero-order chi connectivity index (χ0) is 25.2. The Morgan fingerprint density at radius 3 is 2.36 bits per heavy atom. The van der Waals surface area contributed by atoms with Crippen LogP contribution in [0.15, 0.2) is 97.1 Å². The molecule has 1 N–H and O–H groups in total. The molecule has 0 aliphatic rings. The topological polar surface area (TPSA) is 51.5 Å². The fourth-order valence-corrected chi connectivity index (χ4v) is 4.89. The van der Waals surface area contributed by atoms with Crippen LogP contribution in [-0.2, 0) is 6.54 Å². The highest BCUT2D eigenvalue weighted by atomic mass is 35.5. The standard InChI is InChI=1S/C31H26ClNO3/c1-20(2)36-28-14-7-6-13-25(28)23-15-16-26-27(18-23)33(19-21-9-8-12-24(32)17-21)30(31(34)35)29(26)22-10-4-3-5-11-22/h3-18,20H,19H2,1-2H3,(H,34,35). The van der Waals surface area contributed by atoms with Crippen molar-refractivity contribution in [2.45, 2.75) is 26.5 Å². The number of para-hydroxylation sites is 1. The maximum atomic E-state index is 12.7. The first kappa shape index (κ1) is 23.7. The second kappa shape index (κ2) is 9.92. The summed E-state index contributed by atoms with van der Waals surface area (Å²) in [4.78, 5) is 12.7. The third-order valence-electron chi connectivity index (χ3n) is 6.12. The number of halogens is 1. The number of aromatic nitrogens is 1. The van der Waals surface area contributed by atoms with Gasteiger partial charge < -0.3 is 14.4 Å². The second-order valence-electron chi connectivity index (χ2n) is 9.01. The van der Waals surface area contributed by atoms with Crippen molar-refractivity contribution in [3.05, 3.63) is 113 Å². The molecule has 36 heavy (non-hydrogen) atoms. The lowest BCUT2D eigenvalue weighted by atomic mass is 9.99. The Kier molecular flexibility index (Phi) is 6.53. The first-order chi connectivity index (χ1) is 17.4. The van der Waals surface area contributed by atoms with Gasteiger partial charge in [-0.3, -0.25) is 0 Å². The number of hydrogen-bond acceptors (Lipinski definition) is 2. The maximum Gasteiger partial charge on any atom is 0.353 e. The van der Waals surface area contributed by atoms with E-state index in [2.05, 4.69) is 6.07 Å². The lowest BCUT2D eigenvalue weighted by Crippen LogP contribution is -2.10. The Labute approximate surface area is 215 Å². The third kappa shape index (κ3) is 4.60. The van der Waals surface area contributed by atoms with E-state index in [1.807, 2.05) is 109 Å². The quantitative estimate of drug-likeness (QED) is 0.248. The first-order valence-electron chi connectivity index (χ1n) is 11.9. The molecule has 1 aromatic heterocycles. The lowest BCUT2D eigenvalue weighted by molar-refractivity contribution is 0.0687. The molecule has 180 valence electrons. The highest BCUT2D eigenvalue weighted by Gasteiger charge is 2.24. The van der Waals surface area contributed by atoms with Crippen LogP contribution < -0.4 is 4.74 Å². The Morgan fingerprint density at radius 2 is 1.64 bits per heavy atom. The zero-order valence-electron chi connectivity index (χ0n) is 20.1. The number of nitrogens with zero attached hydrogens (tertiary/aromatic N) is 1. The van der Waals surface area contributed by atoms with Crippen molar-refractivity contribution in [3.63, 3.8) is 0 Å². The van der Waals surface area contributed by atoms with E-state index in [1.54, 1.807) is 0 Å². The molecule has 0 bridgehead atoms. The summed E-state index contributed by atoms with van der Waals surface area (Å²) >= 11 is 6.26. The highest BCUT2D eigenvalue weighted by molar-refractivity contribution is 6.30. The van der Waals surface area contributed by atoms with E-state index in [4.69, 9.17) is 16.3 Å². The Hall–Kier alpha value is -4.02. The normalized spacial score (nSPS) is 11.2. The van der Waals surface area contributed by atoms with Gasteiger partial charge in [0.15, 0.2) is 0 Å². The van der Waals surface area contributed by atoms with Crippen LogP contribution in [0.4, 0.5) is 0 Å². The van der Waals surface area contributed by atoms with Crippen molar-refractivity contribution in [3.8, 4) is 28.0 Å². The van der Waals surface area contributed by atoms with Crippen molar-refractivity contribution in [2.75, 3.05) is 0 Å². The average Bonchev–Trinajstić information content (AvgIpc) is 3.18. The molecule has 5 rings (SSSR count). The number of fused-ring (bicyclic) bond motifs is 1. The molecule has 0 radical (unpaired) electrons. The van der Waals surface area contributed by atoms with Crippen molar-refractivity contribution >= 4 is 28.5 Å². The van der Waals surface area contributed by atoms with E-state index >= 15 is 0 Å². The van der Waals surface area contributed by atoms with E-state index in [-0.39, 0.29) is 11.8 Å². The Bertz CT molecular complexity index is 1550. The predicted octanol–water partition coefficient (Wildman–Crippen LogP) is 8.16. The summed E-state index contributed by atoms with van der Waals surface area (Å²) in [5, 5.41) is 11.9. The molecule has 1 heterocycles. The third-order valence-corrected chi connectivity index (χ3v) is 6.36. The summed E-state index contributed by atoms with van der Waals surface area (Å²) in [5.41, 5.74) is 5.50. The monoisotopic (exact) mass is 495 g/mol. The average molecular weight is 496 g/mol. The molecule has 5 aromatic rings. The summed E-state index contributed by atoms with van der Waals surface area (Å²) in [6, 6.07) is 31.2. The molecule has 0 spiro atoms. The van der Waals surface area contributed by atoms with Crippen LogP contribution in [0, 0.1) is 0 Å². The van der Waals surface area contributed by atoms with Crippen molar-refractivity contribution in [2.24, 2.45) is 0 Å². The van der Waals surface area contributed by atoms with E-state index in [1.165, 1.54) is 0 Å². The van der Waals surface area contributed by atoms with Crippen LogP contribution in [0.5, 0.6) is 5.75 Å². The number of hydrogen-bond donors (Lipinski definition) is 1. The van der Waals surface area contributed by atoms with Gasteiger partial charge in [-0.25, -0.2) is 4.79 Å². The number of carboxylic acids is 1. The highest BCUT2D eigenvalue weighted by Crippen LogP contribution is 2.39. The van der Waals surface area contributed by atoms with Crippen molar-refractivity contribution in [1.82, 2.24) is 4.57 Å². The van der Waals surface area contributed by atoms with Gasteiger partial charge in [0, 0.05) is 28.1 Å². The SMILES string of the molecule is CC(C)Oc1ccccc1-c1ccc2c(-c3ccccc3)c(C(=O)O)n(Cc3cccc(Cl)c3)c2c1. The predicted molar refractivity (Wildman–Crippen MR) is 146 cm³/mol.